The third-order valence-electron chi connectivity index (χ3n) is 3.85. The summed E-state index contributed by atoms with van der Waals surface area (Å²) in [7, 11) is 0. The minimum Gasteiger partial charge on any atom is -0.492 e. The van der Waals surface area contributed by atoms with Crippen LogP contribution in [0.4, 0.5) is 4.79 Å². The first-order valence-corrected chi connectivity index (χ1v) is 8.45. The number of esters is 1. The van der Waals surface area contributed by atoms with Crippen LogP contribution in [0, 0.1) is 5.92 Å². The molecule has 25 heavy (non-hydrogen) atoms. The molecule has 2 atom stereocenters. The number of carbonyl (C=O) groups excluding carboxylic acids is 3. The molecule has 2 rings (SSSR count). The molecule has 1 heterocycles. The highest BCUT2D eigenvalue weighted by Crippen LogP contribution is 2.30. The highest BCUT2D eigenvalue weighted by Gasteiger charge is 2.28. The van der Waals surface area contributed by atoms with Crippen LogP contribution in [-0.2, 0) is 20.7 Å². The van der Waals surface area contributed by atoms with Gasteiger partial charge in [0.1, 0.15) is 12.4 Å². The highest BCUT2D eigenvalue weighted by molar-refractivity contribution is 6.30. The van der Waals surface area contributed by atoms with E-state index in [-0.39, 0.29) is 12.6 Å². The average molecular weight is 369 g/mol. The fourth-order valence-corrected chi connectivity index (χ4v) is 2.49. The minimum absolute atomic E-state index is 0.0540. The monoisotopic (exact) mass is 368 g/mol. The lowest BCUT2D eigenvalue weighted by Crippen LogP contribution is -2.45. The van der Waals surface area contributed by atoms with E-state index in [9.17, 15) is 14.4 Å². The van der Waals surface area contributed by atoms with Gasteiger partial charge in [-0.3, -0.25) is 14.9 Å². The lowest BCUT2D eigenvalue weighted by atomic mass is 9.97. The first-order valence-electron chi connectivity index (χ1n) is 8.07. The minimum atomic E-state index is -0.686. The Bertz CT molecular complexity index is 664. The van der Waals surface area contributed by atoms with Crippen molar-refractivity contribution in [1.29, 1.82) is 0 Å². The molecule has 1 aromatic rings. The number of rotatable bonds is 5. The molecular formula is C17H21ClN2O5. The van der Waals surface area contributed by atoms with Gasteiger partial charge in [0.15, 0.2) is 6.61 Å². The number of imide groups is 1. The van der Waals surface area contributed by atoms with Crippen molar-refractivity contribution in [1.82, 2.24) is 10.6 Å². The predicted octanol–water partition coefficient (Wildman–Crippen LogP) is 2.06. The Labute approximate surface area is 151 Å². The van der Waals surface area contributed by atoms with Gasteiger partial charge in [-0.2, -0.15) is 0 Å². The van der Waals surface area contributed by atoms with Crippen LogP contribution in [0.2, 0.25) is 5.02 Å². The normalized spacial score (nSPS) is 16.8. The van der Waals surface area contributed by atoms with Gasteiger partial charge in [0, 0.05) is 11.1 Å². The summed E-state index contributed by atoms with van der Waals surface area (Å²) in [5.41, 5.74) is 0.818. The largest absolute Gasteiger partial charge is 0.492 e. The van der Waals surface area contributed by atoms with E-state index in [1.807, 2.05) is 13.8 Å². The second kappa shape index (κ2) is 8.71. The first kappa shape index (κ1) is 19.1. The van der Waals surface area contributed by atoms with Crippen molar-refractivity contribution in [2.75, 3.05) is 13.2 Å². The molecule has 3 amide bonds. The molecule has 0 fully saturated rings. The number of hydrogen-bond donors (Lipinski definition) is 2. The molecule has 0 spiro atoms. The van der Waals surface area contributed by atoms with E-state index in [1.54, 1.807) is 18.2 Å². The highest BCUT2D eigenvalue weighted by atomic mass is 35.5. The number of halogens is 1. The van der Waals surface area contributed by atoms with Crippen molar-refractivity contribution in [3.05, 3.63) is 28.8 Å². The molecule has 0 bridgehead atoms. The lowest BCUT2D eigenvalue weighted by Gasteiger charge is -2.24. The van der Waals surface area contributed by atoms with Crippen LogP contribution in [0.15, 0.2) is 18.2 Å². The number of urea groups is 1. The third kappa shape index (κ3) is 5.63. The van der Waals surface area contributed by atoms with Gasteiger partial charge in [-0.25, -0.2) is 4.79 Å². The maximum absolute atomic E-state index is 12.1. The van der Waals surface area contributed by atoms with Crippen molar-refractivity contribution >= 4 is 29.5 Å². The molecule has 1 aliphatic heterocycles. The van der Waals surface area contributed by atoms with E-state index >= 15 is 0 Å². The molecule has 1 aromatic carbocycles. The van der Waals surface area contributed by atoms with E-state index in [4.69, 9.17) is 21.1 Å². The van der Waals surface area contributed by atoms with Gasteiger partial charge in [0.2, 0.25) is 0 Å². The second-order valence-electron chi connectivity index (χ2n) is 5.90. The van der Waals surface area contributed by atoms with E-state index in [0.717, 1.165) is 12.0 Å². The van der Waals surface area contributed by atoms with Crippen molar-refractivity contribution < 1.29 is 23.9 Å². The molecule has 0 aliphatic carbocycles. The Morgan fingerprint density at radius 1 is 1.40 bits per heavy atom. The summed E-state index contributed by atoms with van der Waals surface area (Å²) in [4.78, 5) is 35.3. The predicted molar refractivity (Wildman–Crippen MR) is 91.5 cm³/mol. The molecule has 0 saturated heterocycles. The van der Waals surface area contributed by atoms with Gasteiger partial charge in [0.05, 0.1) is 5.92 Å². The summed E-state index contributed by atoms with van der Waals surface area (Å²) in [6, 6.07) is 4.54. The van der Waals surface area contributed by atoms with Crippen LogP contribution in [0.1, 0.15) is 25.8 Å². The average Bonchev–Trinajstić information content (AvgIpc) is 2.58. The van der Waals surface area contributed by atoms with Crippen molar-refractivity contribution in [3.8, 4) is 5.75 Å². The fraction of sp³-hybridized carbons (Fsp3) is 0.471. The zero-order valence-corrected chi connectivity index (χ0v) is 14.9. The summed E-state index contributed by atoms with van der Waals surface area (Å²) >= 11 is 5.94. The number of ether oxygens (including phenoxy) is 2. The molecule has 0 aromatic heterocycles. The van der Waals surface area contributed by atoms with E-state index in [1.165, 1.54) is 0 Å². The Kier molecular flexibility index (Phi) is 6.64. The molecule has 136 valence electrons. The van der Waals surface area contributed by atoms with Gasteiger partial charge in [-0.1, -0.05) is 18.5 Å². The molecule has 8 heteroatoms. The zero-order chi connectivity index (χ0) is 18.4. The number of amides is 3. The molecular weight excluding hydrogens is 348 g/mol. The molecule has 7 nitrogen and oxygen atoms in total. The van der Waals surface area contributed by atoms with Crippen LogP contribution in [0.5, 0.6) is 5.75 Å². The zero-order valence-electron chi connectivity index (χ0n) is 14.1. The van der Waals surface area contributed by atoms with Gasteiger partial charge in [-0.05, 0) is 43.5 Å². The summed E-state index contributed by atoms with van der Waals surface area (Å²) in [6.45, 7) is 3.37. The summed E-state index contributed by atoms with van der Waals surface area (Å²) < 4.78 is 10.5. The molecule has 0 saturated carbocycles. The maximum atomic E-state index is 12.1. The Hall–Kier alpha value is -2.28. The Balaban J connectivity index is 1.79. The molecule has 0 unspecified atom stereocenters. The van der Waals surface area contributed by atoms with E-state index in [0.29, 0.717) is 17.2 Å². The van der Waals surface area contributed by atoms with Crippen molar-refractivity contribution in [3.63, 3.8) is 0 Å². The van der Waals surface area contributed by atoms with Gasteiger partial charge in [-0.15, -0.1) is 0 Å². The standard InChI is InChI=1S/C17H21ClN2O5/c1-3-10(2)19-17(23)20-15(21)9-25-16(22)12-6-11-7-13(18)4-5-14(11)24-8-12/h4-5,7,10,12H,3,6,8-9H2,1-2H3,(H2,19,20,21,23)/t10-,12-/m0/s1. The van der Waals surface area contributed by atoms with Crippen molar-refractivity contribution in [2.45, 2.75) is 32.7 Å². The van der Waals surface area contributed by atoms with E-state index in [2.05, 4.69) is 10.6 Å². The number of hydrogen-bond acceptors (Lipinski definition) is 5. The van der Waals surface area contributed by atoms with Gasteiger partial charge >= 0.3 is 12.0 Å². The quantitative estimate of drug-likeness (QED) is 0.776. The maximum Gasteiger partial charge on any atom is 0.321 e. The van der Waals surface area contributed by atoms with Crippen LogP contribution in [-0.4, -0.2) is 37.2 Å². The van der Waals surface area contributed by atoms with E-state index < -0.39 is 30.4 Å². The van der Waals surface area contributed by atoms with Crippen LogP contribution < -0.4 is 15.4 Å². The topological polar surface area (TPSA) is 93.7 Å². The third-order valence-corrected chi connectivity index (χ3v) is 4.09. The Morgan fingerprint density at radius 3 is 2.88 bits per heavy atom. The lowest BCUT2D eigenvalue weighted by molar-refractivity contribution is -0.153. The fourth-order valence-electron chi connectivity index (χ4n) is 2.29. The number of benzene rings is 1. The second-order valence-corrected chi connectivity index (χ2v) is 6.34. The smallest absolute Gasteiger partial charge is 0.321 e. The van der Waals surface area contributed by atoms with Crippen molar-refractivity contribution in [2.24, 2.45) is 5.92 Å². The first-order chi connectivity index (χ1) is 11.9. The summed E-state index contributed by atoms with van der Waals surface area (Å²) in [5.74, 6) is -1.07. The number of nitrogens with one attached hydrogen (secondary N) is 2. The molecule has 0 radical (unpaired) electrons. The number of fused-ring (bicyclic) bond motifs is 1. The van der Waals surface area contributed by atoms with Crippen LogP contribution in [0.3, 0.4) is 0 Å². The summed E-state index contributed by atoms with van der Waals surface area (Å²) in [6.07, 6.45) is 1.16. The Morgan fingerprint density at radius 2 is 2.16 bits per heavy atom. The van der Waals surface area contributed by atoms with Crippen LogP contribution in [0.25, 0.3) is 0 Å². The molecule has 2 N–H and O–H groups in total. The van der Waals surface area contributed by atoms with Gasteiger partial charge in [0.25, 0.3) is 5.91 Å². The number of carbonyl (C=O) groups is 3. The van der Waals surface area contributed by atoms with Gasteiger partial charge < -0.3 is 14.8 Å². The SMILES string of the molecule is CC[C@H](C)NC(=O)NC(=O)COC(=O)[C@@H]1COc2ccc(Cl)cc2C1. The summed E-state index contributed by atoms with van der Waals surface area (Å²) in [5, 5.41) is 5.25. The molecule has 1 aliphatic rings. The van der Waals surface area contributed by atoms with Crippen LogP contribution >= 0.6 is 11.6 Å².